The molecule has 1 aromatic rings. The van der Waals surface area contributed by atoms with Crippen molar-refractivity contribution in [3.8, 4) is 0 Å². The van der Waals surface area contributed by atoms with Crippen molar-refractivity contribution in [2.24, 2.45) is 0 Å². The van der Waals surface area contributed by atoms with Crippen molar-refractivity contribution >= 4 is 28.9 Å². The van der Waals surface area contributed by atoms with Crippen molar-refractivity contribution in [2.45, 2.75) is 12.1 Å². The van der Waals surface area contributed by atoms with E-state index in [4.69, 9.17) is 28.9 Å². The average Bonchev–Trinajstić information content (AvgIpc) is 2.07. The van der Waals surface area contributed by atoms with Gasteiger partial charge in [0.1, 0.15) is 0 Å². The molecule has 0 fully saturated rings. The highest BCUT2D eigenvalue weighted by molar-refractivity contribution is 6.33. The van der Waals surface area contributed by atoms with Gasteiger partial charge in [-0.25, -0.2) is 0 Å². The van der Waals surface area contributed by atoms with Gasteiger partial charge in [0.25, 0.3) is 0 Å². The van der Waals surface area contributed by atoms with E-state index in [1.807, 2.05) is 0 Å². The molecule has 14 heavy (non-hydrogen) atoms. The highest BCUT2D eigenvalue weighted by atomic mass is 35.5. The molecule has 0 amide bonds. The third kappa shape index (κ3) is 2.25. The van der Waals surface area contributed by atoms with Crippen molar-refractivity contribution in [3.63, 3.8) is 0 Å². The molecule has 0 aromatic heterocycles. The average molecular weight is 244 g/mol. The van der Waals surface area contributed by atoms with Gasteiger partial charge in [-0.2, -0.15) is 13.2 Å². The first-order valence-corrected chi connectivity index (χ1v) is 4.48. The minimum atomic E-state index is -4.43. The fourth-order valence-corrected chi connectivity index (χ4v) is 1.41. The van der Waals surface area contributed by atoms with Gasteiger partial charge in [0.05, 0.1) is 16.3 Å². The van der Waals surface area contributed by atoms with Crippen LogP contribution in [0.2, 0.25) is 5.02 Å². The summed E-state index contributed by atoms with van der Waals surface area (Å²) in [4.78, 5) is 0. The first-order valence-electron chi connectivity index (χ1n) is 3.57. The topological polar surface area (TPSA) is 26.0 Å². The summed E-state index contributed by atoms with van der Waals surface area (Å²) < 4.78 is 36.8. The monoisotopic (exact) mass is 243 g/mol. The quantitative estimate of drug-likeness (QED) is 0.591. The lowest BCUT2D eigenvalue weighted by molar-refractivity contribution is -0.137. The third-order valence-electron chi connectivity index (χ3n) is 1.69. The van der Waals surface area contributed by atoms with Crippen LogP contribution in [0.3, 0.4) is 0 Å². The summed E-state index contributed by atoms with van der Waals surface area (Å²) in [5.41, 5.74) is 4.86. The molecular weight excluding hydrogens is 238 g/mol. The Bertz CT molecular complexity index is 349. The molecule has 0 radical (unpaired) electrons. The molecule has 0 aliphatic carbocycles. The van der Waals surface area contributed by atoms with Crippen LogP contribution in [0.15, 0.2) is 12.1 Å². The molecule has 0 heterocycles. The van der Waals surface area contributed by atoms with Gasteiger partial charge in [0.15, 0.2) is 0 Å². The molecule has 0 aliphatic rings. The van der Waals surface area contributed by atoms with Gasteiger partial charge < -0.3 is 5.73 Å². The van der Waals surface area contributed by atoms with Gasteiger partial charge in [-0.05, 0) is 17.7 Å². The molecule has 1 rings (SSSR count). The van der Waals surface area contributed by atoms with Crippen LogP contribution in [0.4, 0.5) is 18.9 Å². The Hall–Kier alpha value is -0.610. The Labute approximate surface area is 88.6 Å². The van der Waals surface area contributed by atoms with Crippen LogP contribution in [-0.4, -0.2) is 0 Å². The molecule has 0 bridgehead atoms. The molecular formula is C8H6Cl2F3N. The lowest BCUT2D eigenvalue weighted by atomic mass is 10.1. The second-order valence-corrected chi connectivity index (χ2v) is 3.34. The minimum absolute atomic E-state index is 0.0923. The van der Waals surface area contributed by atoms with E-state index in [-0.39, 0.29) is 22.2 Å². The van der Waals surface area contributed by atoms with E-state index >= 15 is 0 Å². The van der Waals surface area contributed by atoms with Crippen LogP contribution in [0.1, 0.15) is 11.1 Å². The Balaban J connectivity index is 3.30. The summed E-state index contributed by atoms with van der Waals surface area (Å²) in [7, 11) is 0. The fourth-order valence-electron chi connectivity index (χ4n) is 0.949. The lowest BCUT2D eigenvalue weighted by Gasteiger charge is -2.11. The maximum atomic E-state index is 12.3. The van der Waals surface area contributed by atoms with E-state index < -0.39 is 11.7 Å². The molecule has 1 aromatic carbocycles. The number of nitrogens with two attached hydrogens (primary N) is 1. The van der Waals surface area contributed by atoms with Crippen LogP contribution in [0, 0.1) is 0 Å². The van der Waals surface area contributed by atoms with Gasteiger partial charge in [-0.15, -0.1) is 11.6 Å². The summed E-state index contributed by atoms with van der Waals surface area (Å²) in [6, 6.07) is 1.68. The highest BCUT2D eigenvalue weighted by Gasteiger charge is 2.31. The van der Waals surface area contributed by atoms with Crippen LogP contribution in [-0.2, 0) is 12.1 Å². The smallest absolute Gasteiger partial charge is 0.397 e. The zero-order chi connectivity index (χ0) is 10.9. The van der Waals surface area contributed by atoms with Crippen LogP contribution >= 0.6 is 23.2 Å². The Morgan fingerprint density at radius 2 is 1.86 bits per heavy atom. The van der Waals surface area contributed by atoms with Gasteiger partial charge in [-0.1, -0.05) is 11.6 Å². The summed E-state index contributed by atoms with van der Waals surface area (Å²) in [5.74, 6) is -0.102. The summed E-state index contributed by atoms with van der Waals surface area (Å²) in [5, 5.41) is -0.129. The molecule has 0 saturated carbocycles. The third-order valence-corrected chi connectivity index (χ3v) is 2.29. The van der Waals surface area contributed by atoms with E-state index in [2.05, 4.69) is 0 Å². The van der Waals surface area contributed by atoms with Crippen molar-refractivity contribution < 1.29 is 13.2 Å². The molecule has 1 nitrogen and oxygen atoms in total. The first kappa shape index (κ1) is 11.5. The number of hydrogen-bond donors (Lipinski definition) is 1. The van der Waals surface area contributed by atoms with E-state index in [0.29, 0.717) is 0 Å². The molecule has 2 N–H and O–H groups in total. The highest BCUT2D eigenvalue weighted by Crippen LogP contribution is 2.35. The Kier molecular flexibility index (Phi) is 3.17. The van der Waals surface area contributed by atoms with Gasteiger partial charge in [0, 0.05) is 5.88 Å². The molecule has 0 saturated heterocycles. The number of anilines is 1. The maximum Gasteiger partial charge on any atom is 0.416 e. The first-order chi connectivity index (χ1) is 6.36. The van der Waals surface area contributed by atoms with Gasteiger partial charge in [0.2, 0.25) is 0 Å². The van der Waals surface area contributed by atoms with Crippen molar-refractivity contribution in [3.05, 3.63) is 28.3 Å². The van der Waals surface area contributed by atoms with E-state index in [1.165, 1.54) is 0 Å². The second-order valence-electron chi connectivity index (χ2n) is 2.66. The van der Waals surface area contributed by atoms with E-state index in [0.717, 1.165) is 12.1 Å². The molecule has 78 valence electrons. The molecule has 6 heteroatoms. The minimum Gasteiger partial charge on any atom is -0.397 e. The van der Waals surface area contributed by atoms with Gasteiger partial charge >= 0.3 is 6.18 Å². The summed E-state index contributed by atoms with van der Waals surface area (Å²) in [6.45, 7) is 0. The Morgan fingerprint density at radius 1 is 1.29 bits per heavy atom. The van der Waals surface area contributed by atoms with Crippen LogP contribution < -0.4 is 5.73 Å². The predicted octanol–water partition coefficient (Wildman–Crippen LogP) is 3.68. The normalized spacial score (nSPS) is 11.8. The molecule has 0 aliphatic heterocycles. The largest absolute Gasteiger partial charge is 0.416 e. The van der Waals surface area contributed by atoms with E-state index in [9.17, 15) is 13.2 Å². The van der Waals surface area contributed by atoms with Gasteiger partial charge in [-0.3, -0.25) is 0 Å². The van der Waals surface area contributed by atoms with Crippen LogP contribution in [0.5, 0.6) is 0 Å². The van der Waals surface area contributed by atoms with Crippen LogP contribution in [0.25, 0.3) is 0 Å². The molecule has 0 unspecified atom stereocenters. The predicted molar refractivity (Wildman–Crippen MR) is 50.4 cm³/mol. The van der Waals surface area contributed by atoms with Crippen molar-refractivity contribution in [2.75, 3.05) is 5.73 Å². The van der Waals surface area contributed by atoms with E-state index in [1.54, 1.807) is 0 Å². The summed E-state index contributed by atoms with van der Waals surface area (Å²) in [6.07, 6.45) is -4.43. The number of hydrogen-bond acceptors (Lipinski definition) is 1. The number of alkyl halides is 4. The number of rotatable bonds is 1. The maximum absolute atomic E-state index is 12.3. The lowest BCUT2D eigenvalue weighted by Crippen LogP contribution is -2.07. The second kappa shape index (κ2) is 3.87. The zero-order valence-electron chi connectivity index (χ0n) is 6.83. The number of halogens is 5. The SMILES string of the molecule is Nc1c(Cl)cc(C(F)(F)F)cc1CCl. The Morgan fingerprint density at radius 3 is 2.29 bits per heavy atom. The van der Waals surface area contributed by atoms with Crippen molar-refractivity contribution in [1.82, 2.24) is 0 Å². The number of benzene rings is 1. The molecule has 0 atom stereocenters. The van der Waals surface area contributed by atoms with Crippen molar-refractivity contribution in [1.29, 1.82) is 0 Å². The molecule has 0 spiro atoms. The number of nitrogen functional groups attached to an aromatic ring is 1. The zero-order valence-corrected chi connectivity index (χ0v) is 8.34. The standard InChI is InChI=1S/C8H6Cl2F3N/c9-3-4-1-5(8(11,12)13)2-6(10)7(4)14/h1-2H,3,14H2. The fraction of sp³-hybridized carbons (Fsp3) is 0.250. The summed E-state index contributed by atoms with van der Waals surface area (Å²) >= 11 is 10.9.